The molecule has 1 aromatic carbocycles. The van der Waals surface area contributed by atoms with E-state index in [0.29, 0.717) is 41.0 Å². The molecule has 1 aliphatic rings. The molecule has 0 fully saturated rings. The van der Waals surface area contributed by atoms with Crippen LogP contribution in [0.25, 0.3) is 0 Å². The highest BCUT2D eigenvalue weighted by atomic mass is 35.5. The van der Waals surface area contributed by atoms with Crippen LogP contribution in [-0.4, -0.2) is 23.7 Å². The maximum Gasteiger partial charge on any atom is 0.257 e. The maximum absolute atomic E-state index is 12.9. The van der Waals surface area contributed by atoms with E-state index >= 15 is 0 Å². The van der Waals surface area contributed by atoms with E-state index in [4.69, 9.17) is 21.1 Å². The van der Waals surface area contributed by atoms with E-state index in [2.05, 4.69) is 21.3 Å². The first-order valence-electron chi connectivity index (χ1n) is 9.12. The van der Waals surface area contributed by atoms with Crippen molar-refractivity contribution in [1.82, 2.24) is 4.57 Å². The normalized spacial score (nSPS) is 13.2. The van der Waals surface area contributed by atoms with Crippen molar-refractivity contribution in [3.8, 4) is 11.5 Å². The molecule has 3 aromatic rings. The molecule has 28 heavy (non-hydrogen) atoms. The van der Waals surface area contributed by atoms with Gasteiger partial charge in [-0.2, -0.15) is 0 Å². The van der Waals surface area contributed by atoms with Crippen LogP contribution in [0.1, 0.15) is 33.0 Å². The van der Waals surface area contributed by atoms with Gasteiger partial charge in [0.25, 0.3) is 5.91 Å². The number of rotatable bonds is 4. The van der Waals surface area contributed by atoms with Gasteiger partial charge in [-0.1, -0.05) is 17.7 Å². The van der Waals surface area contributed by atoms with Crippen LogP contribution >= 0.6 is 22.9 Å². The van der Waals surface area contributed by atoms with Crippen LogP contribution in [0, 0.1) is 13.8 Å². The number of hydrogen-bond donors (Lipinski definition) is 1. The zero-order valence-electron chi connectivity index (χ0n) is 15.8. The van der Waals surface area contributed by atoms with Gasteiger partial charge in [-0.15, -0.1) is 11.3 Å². The van der Waals surface area contributed by atoms with Crippen molar-refractivity contribution in [3.05, 3.63) is 62.6 Å². The Bertz CT molecular complexity index is 1010. The van der Waals surface area contributed by atoms with E-state index in [1.54, 1.807) is 23.5 Å². The largest absolute Gasteiger partial charge is 0.490 e. The lowest BCUT2D eigenvalue weighted by molar-refractivity contribution is 0.102. The molecule has 0 aliphatic carbocycles. The molecule has 0 saturated carbocycles. The molecular weight excluding hydrogens is 396 g/mol. The topological polar surface area (TPSA) is 52.5 Å². The minimum absolute atomic E-state index is 0.193. The van der Waals surface area contributed by atoms with Gasteiger partial charge in [-0.05, 0) is 31.4 Å². The van der Waals surface area contributed by atoms with E-state index in [-0.39, 0.29) is 5.91 Å². The third-order valence-corrected chi connectivity index (χ3v) is 5.97. The van der Waals surface area contributed by atoms with Crippen LogP contribution in [0.2, 0.25) is 5.02 Å². The Morgan fingerprint density at radius 3 is 2.68 bits per heavy atom. The number of hydrogen-bond acceptors (Lipinski definition) is 4. The highest BCUT2D eigenvalue weighted by Crippen LogP contribution is 2.38. The predicted octanol–water partition coefficient (Wildman–Crippen LogP) is 5.28. The SMILES string of the molecule is Cc1cc(C(=O)Nc2cc3c(cc2Cl)OCCCO3)c(C)n1Cc1cccs1. The molecule has 0 spiro atoms. The van der Waals surface area contributed by atoms with E-state index in [0.717, 1.165) is 24.4 Å². The molecule has 1 N–H and O–H groups in total. The summed E-state index contributed by atoms with van der Waals surface area (Å²) in [6.45, 7) is 5.90. The summed E-state index contributed by atoms with van der Waals surface area (Å²) in [6.07, 6.45) is 0.810. The number of nitrogens with one attached hydrogen (secondary N) is 1. The van der Waals surface area contributed by atoms with Crippen LogP contribution in [0.15, 0.2) is 35.7 Å². The number of halogens is 1. The highest BCUT2D eigenvalue weighted by Gasteiger charge is 2.19. The number of aromatic nitrogens is 1. The molecular formula is C21H21ClN2O3S. The Balaban J connectivity index is 1.58. The fraction of sp³-hybridized carbons (Fsp3) is 0.286. The summed E-state index contributed by atoms with van der Waals surface area (Å²) in [5.74, 6) is 1.01. The zero-order valence-corrected chi connectivity index (χ0v) is 17.3. The average Bonchev–Trinajstić information content (AvgIpc) is 3.20. The molecule has 3 heterocycles. The molecule has 1 amide bonds. The van der Waals surface area contributed by atoms with Crippen molar-refractivity contribution in [2.45, 2.75) is 26.8 Å². The lowest BCUT2D eigenvalue weighted by atomic mass is 10.2. The number of amides is 1. The lowest BCUT2D eigenvalue weighted by Crippen LogP contribution is -2.14. The van der Waals surface area contributed by atoms with Gasteiger partial charge < -0.3 is 19.4 Å². The molecule has 2 aromatic heterocycles. The van der Waals surface area contributed by atoms with Gasteiger partial charge in [-0.25, -0.2) is 0 Å². The quantitative estimate of drug-likeness (QED) is 0.629. The van der Waals surface area contributed by atoms with Crippen molar-refractivity contribution in [2.24, 2.45) is 0 Å². The van der Waals surface area contributed by atoms with E-state index in [1.165, 1.54) is 4.88 Å². The summed E-state index contributed by atoms with van der Waals surface area (Å²) < 4.78 is 13.5. The van der Waals surface area contributed by atoms with Gasteiger partial charge in [0.1, 0.15) is 0 Å². The number of carbonyl (C=O) groups is 1. The van der Waals surface area contributed by atoms with Gasteiger partial charge in [-0.3, -0.25) is 4.79 Å². The number of anilines is 1. The highest BCUT2D eigenvalue weighted by molar-refractivity contribution is 7.09. The van der Waals surface area contributed by atoms with E-state index < -0.39 is 0 Å². The van der Waals surface area contributed by atoms with Crippen LogP contribution in [0.4, 0.5) is 5.69 Å². The summed E-state index contributed by atoms with van der Waals surface area (Å²) in [5.41, 5.74) is 3.12. The molecule has 0 unspecified atom stereocenters. The van der Waals surface area contributed by atoms with Gasteiger partial charge in [0.05, 0.1) is 36.0 Å². The Kier molecular flexibility index (Phi) is 5.33. The molecule has 0 saturated heterocycles. The Morgan fingerprint density at radius 1 is 1.21 bits per heavy atom. The third-order valence-electron chi connectivity index (χ3n) is 4.80. The Morgan fingerprint density at radius 2 is 1.96 bits per heavy atom. The third kappa shape index (κ3) is 3.75. The number of nitrogens with zero attached hydrogens (tertiary/aromatic N) is 1. The van der Waals surface area contributed by atoms with Crippen LogP contribution in [0.3, 0.4) is 0 Å². The summed E-state index contributed by atoms with van der Waals surface area (Å²) in [6, 6.07) is 9.47. The summed E-state index contributed by atoms with van der Waals surface area (Å²) in [7, 11) is 0. The number of aryl methyl sites for hydroxylation is 1. The number of fused-ring (bicyclic) bond motifs is 1. The predicted molar refractivity (Wildman–Crippen MR) is 112 cm³/mol. The van der Waals surface area contributed by atoms with Crippen molar-refractivity contribution in [2.75, 3.05) is 18.5 Å². The molecule has 0 radical (unpaired) electrons. The molecule has 4 rings (SSSR count). The van der Waals surface area contributed by atoms with Crippen LogP contribution in [-0.2, 0) is 6.54 Å². The fourth-order valence-electron chi connectivity index (χ4n) is 3.30. The number of benzene rings is 1. The Labute approximate surface area is 172 Å². The van der Waals surface area contributed by atoms with Gasteiger partial charge in [0.15, 0.2) is 11.5 Å². The fourth-order valence-corrected chi connectivity index (χ4v) is 4.20. The first kappa shape index (κ1) is 18.9. The Hall–Kier alpha value is -2.44. The minimum Gasteiger partial charge on any atom is -0.490 e. The monoisotopic (exact) mass is 416 g/mol. The first-order chi connectivity index (χ1) is 13.5. The second-order valence-corrected chi connectivity index (χ2v) is 8.17. The smallest absolute Gasteiger partial charge is 0.257 e. The molecule has 0 atom stereocenters. The van der Waals surface area contributed by atoms with E-state index in [1.807, 2.05) is 26.0 Å². The summed E-state index contributed by atoms with van der Waals surface area (Å²) in [4.78, 5) is 14.2. The van der Waals surface area contributed by atoms with Gasteiger partial charge in [0.2, 0.25) is 0 Å². The number of thiophene rings is 1. The average molecular weight is 417 g/mol. The van der Waals surface area contributed by atoms with Crippen LogP contribution in [0.5, 0.6) is 11.5 Å². The van der Waals surface area contributed by atoms with Crippen molar-refractivity contribution in [1.29, 1.82) is 0 Å². The van der Waals surface area contributed by atoms with Crippen LogP contribution < -0.4 is 14.8 Å². The minimum atomic E-state index is -0.193. The number of ether oxygens (including phenoxy) is 2. The van der Waals surface area contributed by atoms with Gasteiger partial charge in [0, 0.05) is 34.8 Å². The number of carbonyl (C=O) groups excluding carboxylic acids is 1. The van der Waals surface area contributed by atoms with Crippen molar-refractivity contribution < 1.29 is 14.3 Å². The lowest BCUT2D eigenvalue weighted by Gasteiger charge is -2.13. The molecule has 0 bridgehead atoms. The van der Waals surface area contributed by atoms with Crippen molar-refractivity contribution >= 4 is 34.5 Å². The molecule has 7 heteroatoms. The maximum atomic E-state index is 12.9. The molecule has 146 valence electrons. The van der Waals surface area contributed by atoms with Crippen molar-refractivity contribution in [3.63, 3.8) is 0 Å². The zero-order chi connectivity index (χ0) is 19.7. The second kappa shape index (κ2) is 7.89. The summed E-state index contributed by atoms with van der Waals surface area (Å²) in [5, 5.41) is 5.40. The first-order valence-corrected chi connectivity index (χ1v) is 10.4. The standard InChI is InChI=1S/C21H21ClN2O3S/c1-13-9-16(14(2)24(13)12-15-5-3-8-28-15)21(25)23-18-11-20-19(10-17(18)22)26-6-4-7-27-20/h3,5,8-11H,4,6-7,12H2,1-2H3,(H,23,25). The molecule has 1 aliphatic heterocycles. The second-order valence-electron chi connectivity index (χ2n) is 6.73. The summed E-state index contributed by atoms with van der Waals surface area (Å²) >= 11 is 8.07. The molecule has 5 nitrogen and oxygen atoms in total. The van der Waals surface area contributed by atoms with Gasteiger partial charge >= 0.3 is 0 Å². The van der Waals surface area contributed by atoms with E-state index in [9.17, 15) is 4.79 Å².